The average molecular weight is 268 g/mol. The number of hydrogen-bond acceptors (Lipinski definition) is 3. The standard InChI is InChI=1S/C14H24N2O3/c17-12(6-5-11-4-1-2-9-15-11)16-10-14(13(18)19)7-3-8-14/h11,15H,1-10H2,(H,16,17)(H,18,19). The molecule has 2 rings (SSSR count). The maximum Gasteiger partial charge on any atom is 0.311 e. The predicted octanol–water partition coefficient (Wildman–Crippen LogP) is 1.28. The van der Waals surface area contributed by atoms with Crippen LogP contribution in [0.5, 0.6) is 0 Å². The number of rotatable bonds is 6. The molecule has 1 heterocycles. The molecule has 1 atom stereocenters. The van der Waals surface area contributed by atoms with Crippen molar-refractivity contribution >= 4 is 11.9 Å². The average Bonchev–Trinajstić information content (AvgIpc) is 2.36. The molecule has 0 aromatic heterocycles. The quantitative estimate of drug-likeness (QED) is 0.678. The zero-order valence-corrected chi connectivity index (χ0v) is 11.4. The van der Waals surface area contributed by atoms with E-state index in [4.69, 9.17) is 5.11 Å². The van der Waals surface area contributed by atoms with Gasteiger partial charge in [-0.1, -0.05) is 12.8 Å². The van der Waals surface area contributed by atoms with Gasteiger partial charge in [-0.15, -0.1) is 0 Å². The molecule has 0 bridgehead atoms. The van der Waals surface area contributed by atoms with Crippen LogP contribution in [0.2, 0.25) is 0 Å². The first-order valence-corrected chi connectivity index (χ1v) is 7.36. The molecule has 0 aromatic rings. The zero-order valence-electron chi connectivity index (χ0n) is 11.4. The number of carbonyl (C=O) groups excluding carboxylic acids is 1. The van der Waals surface area contributed by atoms with Gasteiger partial charge >= 0.3 is 5.97 Å². The molecule has 1 saturated carbocycles. The van der Waals surface area contributed by atoms with Crippen molar-refractivity contribution in [1.29, 1.82) is 0 Å². The summed E-state index contributed by atoms with van der Waals surface area (Å²) in [5, 5.41) is 15.4. The van der Waals surface area contributed by atoms with Gasteiger partial charge in [0.05, 0.1) is 5.41 Å². The van der Waals surface area contributed by atoms with Crippen molar-refractivity contribution < 1.29 is 14.7 Å². The minimum absolute atomic E-state index is 0.0140. The Hall–Kier alpha value is -1.10. The molecule has 0 spiro atoms. The number of carbonyl (C=O) groups is 2. The first-order chi connectivity index (χ1) is 9.12. The van der Waals surface area contributed by atoms with E-state index in [0.717, 1.165) is 25.8 Å². The molecule has 1 unspecified atom stereocenters. The van der Waals surface area contributed by atoms with E-state index in [0.29, 0.717) is 31.8 Å². The fourth-order valence-electron chi connectivity index (χ4n) is 2.90. The van der Waals surface area contributed by atoms with Gasteiger partial charge in [-0.25, -0.2) is 0 Å². The van der Waals surface area contributed by atoms with Gasteiger partial charge in [0.25, 0.3) is 0 Å². The van der Waals surface area contributed by atoms with Gasteiger partial charge in [0.15, 0.2) is 0 Å². The van der Waals surface area contributed by atoms with Crippen molar-refractivity contribution in [2.45, 2.75) is 57.4 Å². The second-order valence-corrected chi connectivity index (χ2v) is 5.90. The molecule has 1 aliphatic heterocycles. The van der Waals surface area contributed by atoms with Crippen LogP contribution in [0.4, 0.5) is 0 Å². The highest BCUT2D eigenvalue weighted by molar-refractivity contribution is 5.79. The van der Waals surface area contributed by atoms with E-state index >= 15 is 0 Å². The molecule has 5 nitrogen and oxygen atoms in total. The Morgan fingerprint density at radius 3 is 2.58 bits per heavy atom. The number of carboxylic acid groups (broad SMARTS) is 1. The number of piperidine rings is 1. The molecule has 2 fully saturated rings. The van der Waals surface area contributed by atoms with Gasteiger partial charge < -0.3 is 15.7 Å². The second-order valence-electron chi connectivity index (χ2n) is 5.90. The van der Waals surface area contributed by atoms with E-state index in [9.17, 15) is 9.59 Å². The highest BCUT2D eigenvalue weighted by atomic mass is 16.4. The van der Waals surface area contributed by atoms with E-state index in [-0.39, 0.29) is 5.91 Å². The van der Waals surface area contributed by atoms with Gasteiger partial charge in [-0.05, 0) is 38.6 Å². The first-order valence-electron chi connectivity index (χ1n) is 7.36. The molecule has 3 N–H and O–H groups in total. The Kier molecular flexibility index (Phi) is 4.80. The van der Waals surface area contributed by atoms with Gasteiger partial charge in [0, 0.05) is 19.0 Å². The smallest absolute Gasteiger partial charge is 0.311 e. The molecule has 108 valence electrons. The SMILES string of the molecule is O=C(CCC1CCCCN1)NCC1(C(=O)O)CCC1. The minimum Gasteiger partial charge on any atom is -0.481 e. The molecular formula is C14H24N2O3. The largest absolute Gasteiger partial charge is 0.481 e. The summed E-state index contributed by atoms with van der Waals surface area (Å²) < 4.78 is 0. The Morgan fingerprint density at radius 2 is 2.05 bits per heavy atom. The van der Waals surface area contributed by atoms with Crippen LogP contribution in [0.1, 0.15) is 51.4 Å². The van der Waals surface area contributed by atoms with Crippen LogP contribution in [0.15, 0.2) is 0 Å². The van der Waals surface area contributed by atoms with E-state index in [1.807, 2.05) is 0 Å². The molecule has 19 heavy (non-hydrogen) atoms. The molecule has 1 aliphatic carbocycles. The number of amides is 1. The fourth-order valence-corrected chi connectivity index (χ4v) is 2.90. The van der Waals surface area contributed by atoms with Crippen LogP contribution in [0.3, 0.4) is 0 Å². The van der Waals surface area contributed by atoms with Crippen molar-refractivity contribution in [3.63, 3.8) is 0 Å². The molecule has 2 aliphatic rings. The van der Waals surface area contributed by atoms with Gasteiger partial charge in [0.1, 0.15) is 0 Å². The van der Waals surface area contributed by atoms with Crippen LogP contribution in [-0.4, -0.2) is 36.1 Å². The van der Waals surface area contributed by atoms with Crippen molar-refractivity contribution in [2.75, 3.05) is 13.1 Å². The van der Waals surface area contributed by atoms with Crippen LogP contribution in [0.25, 0.3) is 0 Å². The van der Waals surface area contributed by atoms with Crippen molar-refractivity contribution in [1.82, 2.24) is 10.6 Å². The number of hydrogen-bond donors (Lipinski definition) is 3. The Bertz CT molecular complexity index is 334. The third kappa shape index (κ3) is 3.69. The van der Waals surface area contributed by atoms with E-state index in [2.05, 4.69) is 10.6 Å². The lowest BCUT2D eigenvalue weighted by Crippen LogP contribution is -2.47. The van der Waals surface area contributed by atoms with E-state index in [1.54, 1.807) is 0 Å². The number of nitrogens with one attached hydrogen (secondary N) is 2. The van der Waals surface area contributed by atoms with Gasteiger partial charge in [0.2, 0.25) is 5.91 Å². The molecule has 1 amide bonds. The van der Waals surface area contributed by atoms with E-state index in [1.165, 1.54) is 12.8 Å². The van der Waals surface area contributed by atoms with Crippen LogP contribution >= 0.6 is 0 Å². The van der Waals surface area contributed by atoms with E-state index < -0.39 is 11.4 Å². The molecule has 0 radical (unpaired) electrons. The van der Waals surface area contributed by atoms with Crippen LogP contribution < -0.4 is 10.6 Å². The minimum atomic E-state index is -0.770. The summed E-state index contributed by atoms with van der Waals surface area (Å²) in [6.07, 6.45) is 7.28. The summed E-state index contributed by atoms with van der Waals surface area (Å²) in [6.45, 7) is 1.34. The summed E-state index contributed by atoms with van der Waals surface area (Å²) in [6, 6.07) is 0.455. The lowest BCUT2D eigenvalue weighted by molar-refractivity contribution is -0.154. The molecule has 5 heteroatoms. The number of aliphatic carboxylic acids is 1. The highest BCUT2D eigenvalue weighted by Crippen LogP contribution is 2.40. The Balaban J connectivity index is 1.65. The maximum atomic E-state index is 11.8. The monoisotopic (exact) mass is 268 g/mol. The lowest BCUT2D eigenvalue weighted by Gasteiger charge is -2.37. The first kappa shape index (κ1) is 14.3. The third-order valence-electron chi connectivity index (χ3n) is 4.52. The maximum absolute atomic E-state index is 11.8. The van der Waals surface area contributed by atoms with Crippen molar-refractivity contribution in [2.24, 2.45) is 5.41 Å². The van der Waals surface area contributed by atoms with Crippen molar-refractivity contribution in [3.05, 3.63) is 0 Å². The summed E-state index contributed by atoms with van der Waals surface area (Å²) in [4.78, 5) is 22.9. The summed E-state index contributed by atoms with van der Waals surface area (Å²) >= 11 is 0. The predicted molar refractivity (Wildman–Crippen MR) is 71.8 cm³/mol. The topological polar surface area (TPSA) is 78.4 Å². The normalized spacial score (nSPS) is 25.4. The highest BCUT2D eigenvalue weighted by Gasteiger charge is 2.44. The number of carboxylic acids is 1. The van der Waals surface area contributed by atoms with Crippen LogP contribution in [-0.2, 0) is 9.59 Å². The van der Waals surface area contributed by atoms with Crippen molar-refractivity contribution in [3.8, 4) is 0 Å². The van der Waals surface area contributed by atoms with Gasteiger partial charge in [-0.3, -0.25) is 9.59 Å². The van der Waals surface area contributed by atoms with Crippen LogP contribution in [0, 0.1) is 5.41 Å². The molecule has 0 aromatic carbocycles. The third-order valence-corrected chi connectivity index (χ3v) is 4.52. The fraction of sp³-hybridized carbons (Fsp3) is 0.857. The summed E-state index contributed by atoms with van der Waals surface area (Å²) in [7, 11) is 0. The van der Waals surface area contributed by atoms with Gasteiger partial charge in [-0.2, -0.15) is 0 Å². The second kappa shape index (κ2) is 6.37. The Labute approximate surface area is 114 Å². The summed E-state index contributed by atoms with van der Waals surface area (Å²) in [5.41, 5.74) is -0.682. The molecule has 1 saturated heterocycles. The molecular weight excluding hydrogens is 244 g/mol. The zero-order chi connectivity index (χ0) is 13.7. The Morgan fingerprint density at radius 1 is 1.26 bits per heavy atom. The lowest BCUT2D eigenvalue weighted by atomic mass is 9.69. The summed E-state index contributed by atoms with van der Waals surface area (Å²) in [5.74, 6) is -0.784.